The average Bonchev–Trinajstić information content (AvgIpc) is 3.47. The lowest BCUT2D eigenvalue weighted by Crippen LogP contribution is -2.50. The highest BCUT2D eigenvalue weighted by Gasteiger charge is 2.29. The van der Waals surface area contributed by atoms with Crippen LogP contribution in [0.15, 0.2) is 18.3 Å². The second-order valence-electron chi connectivity index (χ2n) is 8.49. The molecule has 0 bridgehead atoms. The van der Waals surface area contributed by atoms with Crippen molar-refractivity contribution in [3.05, 3.63) is 34.0 Å². The fourth-order valence-corrected chi connectivity index (χ4v) is 6.09. The van der Waals surface area contributed by atoms with Gasteiger partial charge in [0.1, 0.15) is 10.0 Å². The van der Waals surface area contributed by atoms with Crippen LogP contribution in [0.1, 0.15) is 53.2 Å². The number of aromatic nitrogens is 5. The smallest absolute Gasteiger partial charge is 0.232 e. The van der Waals surface area contributed by atoms with Gasteiger partial charge >= 0.3 is 0 Å². The van der Waals surface area contributed by atoms with E-state index in [1.807, 2.05) is 19.2 Å². The van der Waals surface area contributed by atoms with Crippen molar-refractivity contribution in [3.8, 4) is 0 Å². The molecule has 2 atom stereocenters. The van der Waals surface area contributed by atoms with Gasteiger partial charge in [-0.3, -0.25) is 9.78 Å². The van der Waals surface area contributed by atoms with E-state index in [0.29, 0.717) is 35.8 Å². The fraction of sp³-hybridized carbons (Fsp3) is 0.524. The van der Waals surface area contributed by atoms with Crippen LogP contribution in [0.4, 0.5) is 16.0 Å². The van der Waals surface area contributed by atoms with E-state index in [0.717, 1.165) is 46.5 Å². The van der Waals surface area contributed by atoms with Crippen LogP contribution in [0.5, 0.6) is 0 Å². The van der Waals surface area contributed by atoms with Crippen molar-refractivity contribution in [2.24, 2.45) is 0 Å². The lowest BCUT2D eigenvalue weighted by Gasteiger charge is -2.37. The number of anilines is 3. The fourth-order valence-electron chi connectivity index (χ4n) is 4.34. The van der Waals surface area contributed by atoms with Gasteiger partial charge in [-0.1, -0.05) is 29.1 Å². The van der Waals surface area contributed by atoms with Crippen molar-refractivity contribution in [1.82, 2.24) is 25.4 Å². The molecule has 3 aromatic heterocycles. The summed E-state index contributed by atoms with van der Waals surface area (Å²) >= 11 is 3.07. The molecule has 3 aromatic rings. The van der Waals surface area contributed by atoms with Crippen LogP contribution in [0, 0.1) is 0 Å². The van der Waals surface area contributed by atoms with E-state index in [1.54, 1.807) is 17.5 Å². The van der Waals surface area contributed by atoms with Gasteiger partial charge in [-0.25, -0.2) is 0 Å². The van der Waals surface area contributed by atoms with E-state index in [2.05, 4.69) is 40.9 Å². The Hall–Kier alpha value is -2.70. The summed E-state index contributed by atoms with van der Waals surface area (Å²) in [6.45, 7) is 1.22. The first-order chi connectivity index (χ1) is 16.1. The zero-order valence-corrected chi connectivity index (χ0v) is 19.9. The summed E-state index contributed by atoms with van der Waals surface area (Å²) in [5.41, 5.74) is 1.66. The Labute approximate surface area is 199 Å². The molecule has 1 saturated heterocycles. The van der Waals surface area contributed by atoms with Crippen LogP contribution in [0.25, 0.3) is 0 Å². The van der Waals surface area contributed by atoms with Gasteiger partial charge in [-0.15, -0.1) is 20.4 Å². The lowest BCUT2D eigenvalue weighted by atomic mass is 9.82. The summed E-state index contributed by atoms with van der Waals surface area (Å²) in [4.78, 5) is 18.9. The van der Waals surface area contributed by atoms with Crippen LogP contribution in [0.2, 0.25) is 0 Å². The minimum atomic E-state index is -0.278. The van der Waals surface area contributed by atoms with E-state index in [9.17, 15) is 9.90 Å². The number of carbonyl (C=O) groups is 1. The maximum Gasteiger partial charge on any atom is 0.232 e. The van der Waals surface area contributed by atoms with E-state index < -0.39 is 0 Å². The second kappa shape index (κ2) is 9.65. The molecule has 1 amide bonds. The Morgan fingerprint density at radius 3 is 2.48 bits per heavy atom. The molecule has 174 valence electrons. The summed E-state index contributed by atoms with van der Waals surface area (Å²) in [5, 5.41) is 35.9. The number of carbonyl (C=O) groups excluding carboxylic acids is 1. The van der Waals surface area contributed by atoms with Gasteiger partial charge in [0.2, 0.25) is 16.2 Å². The van der Waals surface area contributed by atoms with Gasteiger partial charge in [0.25, 0.3) is 0 Å². The SMILES string of the molecule is CNc1nnc(C2CCC[C@H](c3nnc(NC(=O)Cc4cc(N5CC(O)C5)ccn4)s3)C2)s1. The Balaban J connectivity index is 1.17. The molecular weight excluding hydrogens is 460 g/mol. The molecular formula is C21H26N8O2S2. The molecule has 1 aliphatic heterocycles. The maximum absolute atomic E-state index is 12.6. The number of pyridine rings is 1. The highest BCUT2D eigenvalue weighted by molar-refractivity contribution is 7.15. The minimum Gasteiger partial charge on any atom is -0.389 e. The number of nitrogens with one attached hydrogen (secondary N) is 2. The summed E-state index contributed by atoms with van der Waals surface area (Å²) in [6.07, 6.45) is 5.85. The standard InChI is InChI=1S/C21H26N8O2S2/c1-22-20-27-25-18(32-20)12-3-2-4-13(7-12)19-26-28-21(33-19)24-17(31)9-14-8-15(5-6-23-14)29-10-16(30)11-29/h5-6,8,12-13,16,30H,2-4,7,9-11H2,1H3,(H,22,27)(H,24,28,31)/t12?,13-/m0/s1. The number of nitrogens with zero attached hydrogens (tertiary/aromatic N) is 6. The van der Waals surface area contributed by atoms with Crippen molar-refractivity contribution >= 4 is 44.5 Å². The number of aliphatic hydroxyl groups is 1. The zero-order valence-electron chi connectivity index (χ0n) is 18.3. The number of aliphatic hydroxyl groups excluding tert-OH is 1. The van der Waals surface area contributed by atoms with Crippen molar-refractivity contribution in [2.75, 3.05) is 35.7 Å². The Bertz CT molecular complexity index is 1110. The summed E-state index contributed by atoms with van der Waals surface area (Å²) < 4.78 is 0. The molecule has 5 rings (SSSR count). The van der Waals surface area contributed by atoms with Crippen molar-refractivity contribution in [2.45, 2.75) is 50.0 Å². The second-order valence-corrected chi connectivity index (χ2v) is 10.5. The molecule has 1 unspecified atom stereocenters. The van der Waals surface area contributed by atoms with E-state index in [1.165, 1.54) is 11.3 Å². The quantitative estimate of drug-likeness (QED) is 0.461. The Morgan fingerprint density at radius 1 is 1.12 bits per heavy atom. The Morgan fingerprint density at radius 2 is 1.82 bits per heavy atom. The molecule has 1 saturated carbocycles. The summed E-state index contributed by atoms with van der Waals surface area (Å²) in [5.74, 6) is 0.538. The molecule has 0 radical (unpaired) electrons. The maximum atomic E-state index is 12.6. The topological polar surface area (TPSA) is 129 Å². The largest absolute Gasteiger partial charge is 0.389 e. The first kappa shape index (κ1) is 22.1. The number of hydrogen-bond acceptors (Lipinski definition) is 11. The molecule has 0 aromatic carbocycles. The van der Waals surface area contributed by atoms with Crippen LogP contribution in [-0.4, -0.2) is 62.6 Å². The van der Waals surface area contributed by atoms with Crippen LogP contribution in [-0.2, 0) is 11.2 Å². The molecule has 0 spiro atoms. The first-order valence-corrected chi connectivity index (χ1v) is 12.7. The molecule has 10 nitrogen and oxygen atoms in total. The van der Waals surface area contributed by atoms with Gasteiger partial charge in [-0.2, -0.15) is 0 Å². The van der Waals surface area contributed by atoms with E-state index in [4.69, 9.17) is 0 Å². The molecule has 12 heteroatoms. The highest BCUT2D eigenvalue weighted by atomic mass is 32.1. The molecule has 2 aliphatic rings. The van der Waals surface area contributed by atoms with Gasteiger partial charge in [0.05, 0.1) is 18.2 Å². The Kier molecular flexibility index (Phi) is 6.47. The number of rotatable bonds is 7. The van der Waals surface area contributed by atoms with Gasteiger partial charge < -0.3 is 20.6 Å². The van der Waals surface area contributed by atoms with Gasteiger partial charge in [0, 0.05) is 43.9 Å². The van der Waals surface area contributed by atoms with Gasteiger partial charge in [0.15, 0.2) is 0 Å². The third-order valence-corrected chi connectivity index (χ3v) is 8.19. The zero-order chi connectivity index (χ0) is 22.8. The van der Waals surface area contributed by atoms with Crippen molar-refractivity contribution in [1.29, 1.82) is 0 Å². The van der Waals surface area contributed by atoms with Crippen LogP contribution < -0.4 is 15.5 Å². The molecule has 1 aliphatic carbocycles. The summed E-state index contributed by atoms with van der Waals surface area (Å²) in [6, 6.07) is 3.79. The number of β-amino-alcohol motifs (C(OH)–C–C–N with tert-alkyl or cyclic N) is 1. The first-order valence-electron chi connectivity index (χ1n) is 11.1. The number of amides is 1. The normalized spacial score (nSPS) is 21.0. The van der Waals surface area contributed by atoms with E-state index in [-0.39, 0.29) is 18.4 Å². The molecule has 3 N–H and O–H groups in total. The highest BCUT2D eigenvalue weighted by Crippen LogP contribution is 2.43. The van der Waals surface area contributed by atoms with Crippen LogP contribution >= 0.6 is 22.7 Å². The van der Waals surface area contributed by atoms with Crippen molar-refractivity contribution in [3.63, 3.8) is 0 Å². The average molecular weight is 487 g/mol. The van der Waals surface area contributed by atoms with Crippen LogP contribution in [0.3, 0.4) is 0 Å². The third-order valence-electron chi connectivity index (χ3n) is 6.08. The summed E-state index contributed by atoms with van der Waals surface area (Å²) in [7, 11) is 1.86. The van der Waals surface area contributed by atoms with Gasteiger partial charge in [-0.05, 0) is 31.4 Å². The number of hydrogen-bond donors (Lipinski definition) is 3. The van der Waals surface area contributed by atoms with E-state index >= 15 is 0 Å². The molecule has 33 heavy (non-hydrogen) atoms. The molecule has 2 fully saturated rings. The predicted molar refractivity (Wildman–Crippen MR) is 128 cm³/mol. The monoisotopic (exact) mass is 486 g/mol. The lowest BCUT2D eigenvalue weighted by molar-refractivity contribution is -0.115. The minimum absolute atomic E-state index is 0.162. The van der Waals surface area contributed by atoms with Crippen molar-refractivity contribution < 1.29 is 9.90 Å². The molecule has 4 heterocycles. The predicted octanol–water partition coefficient (Wildman–Crippen LogP) is 2.63. The third kappa shape index (κ3) is 5.12.